The molecule has 0 aromatic heterocycles. The Balaban J connectivity index is 2.50. The van der Waals surface area contributed by atoms with Gasteiger partial charge in [-0.2, -0.15) is 0 Å². The molecule has 1 amide bonds. The molecule has 23 heavy (non-hydrogen) atoms. The van der Waals surface area contributed by atoms with E-state index in [1.54, 1.807) is 0 Å². The predicted octanol–water partition coefficient (Wildman–Crippen LogP) is 2.25. The van der Waals surface area contributed by atoms with Crippen LogP contribution in [0.15, 0.2) is 30.3 Å². The fourth-order valence-electron chi connectivity index (χ4n) is 2.29. The first-order valence-electron chi connectivity index (χ1n) is 7.56. The van der Waals surface area contributed by atoms with Crippen LogP contribution in [0.3, 0.4) is 0 Å². The highest BCUT2D eigenvalue weighted by atomic mass is 16.6. The van der Waals surface area contributed by atoms with E-state index < -0.39 is 23.8 Å². The van der Waals surface area contributed by atoms with Crippen molar-refractivity contribution >= 4 is 12.1 Å². The van der Waals surface area contributed by atoms with Crippen LogP contribution in [0, 0.1) is 5.92 Å². The van der Waals surface area contributed by atoms with Gasteiger partial charge >= 0.3 is 12.1 Å². The van der Waals surface area contributed by atoms with Crippen molar-refractivity contribution in [3.05, 3.63) is 35.9 Å². The summed E-state index contributed by atoms with van der Waals surface area (Å²) in [5, 5.41) is 13.0. The van der Waals surface area contributed by atoms with Gasteiger partial charge in [-0.05, 0) is 18.4 Å². The van der Waals surface area contributed by atoms with Gasteiger partial charge in [-0.15, -0.1) is 0 Å². The quantitative estimate of drug-likeness (QED) is 0.752. The summed E-state index contributed by atoms with van der Waals surface area (Å²) in [6, 6.07) is 9.28. The van der Waals surface area contributed by atoms with Crippen molar-refractivity contribution in [1.82, 2.24) is 5.32 Å². The van der Waals surface area contributed by atoms with Gasteiger partial charge in [0, 0.05) is 6.92 Å². The van der Waals surface area contributed by atoms with Crippen molar-refractivity contribution in [3.63, 3.8) is 0 Å². The number of nitrogens with one attached hydrogen (secondary N) is 1. The molecule has 0 saturated carbocycles. The molecule has 0 aliphatic rings. The van der Waals surface area contributed by atoms with Crippen LogP contribution in [0.1, 0.15) is 33.3 Å². The van der Waals surface area contributed by atoms with Gasteiger partial charge in [-0.1, -0.05) is 44.2 Å². The van der Waals surface area contributed by atoms with E-state index in [1.165, 1.54) is 13.8 Å². The third-order valence-corrected chi connectivity index (χ3v) is 3.31. The summed E-state index contributed by atoms with van der Waals surface area (Å²) < 4.78 is 10.2. The van der Waals surface area contributed by atoms with Crippen LogP contribution in [0.2, 0.25) is 0 Å². The number of carbonyl (C=O) groups excluding carboxylic acids is 2. The maximum atomic E-state index is 11.7. The Hall–Kier alpha value is -2.08. The Kier molecular flexibility index (Phi) is 7.03. The summed E-state index contributed by atoms with van der Waals surface area (Å²) in [6.07, 6.45) is -1.37. The fourth-order valence-corrected chi connectivity index (χ4v) is 2.29. The van der Waals surface area contributed by atoms with Gasteiger partial charge in [-0.3, -0.25) is 4.79 Å². The molecule has 1 rings (SSSR count). The van der Waals surface area contributed by atoms with Gasteiger partial charge in [0.1, 0.15) is 18.3 Å². The molecule has 0 heterocycles. The maximum Gasteiger partial charge on any atom is 0.407 e. The van der Waals surface area contributed by atoms with Crippen molar-refractivity contribution in [3.8, 4) is 0 Å². The molecule has 0 radical (unpaired) electrons. The van der Waals surface area contributed by atoms with Crippen molar-refractivity contribution in [1.29, 1.82) is 0 Å². The normalized spacial score (nSPS) is 14.7. The molecule has 0 aliphatic carbocycles. The molecule has 1 aromatic rings. The standard InChI is InChI=1S/C17H25NO5/c1-12(2)15(23-13(3)19)17(4,21)11-18-16(20)22-10-14-8-6-5-7-9-14/h5-9,12,15,21H,10-11H2,1-4H3,(H,18,20)/t15-,17+/m1/s1. The number of hydrogen-bond acceptors (Lipinski definition) is 5. The number of carbonyl (C=O) groups is 2. The SMILES string of the molecule is CC(=O)O[C@H](C(C)C)[C@@](C)(O)CNC(=O)OCc1ccccc1. The van der Waals surface area contributed by atoms with Crippen LogP contribution in [0.25, 0.3) is 0 Å². The molecule has 2 atom stereocenters. The van der Waals surface area contributed by atoms with Crippen molar-refractivity contribution in [2.24, 2.45) is 5.92 Å². The van der Waals surface area contributed by atoms with Crippen LogP contribution < -0.4 is 5.32 Å². The van der Waals surface area contributed by atoms with E-state index in [9.17, 15) is 14.7 Å². The van der Waals surface area contributed by atoms with Gasteiger partial charge in [0.25, 0.3) is 0 Å². The molecule has 1 aromatic carbocycles. The van der Waals surface area contributed by atoms with Gasteiger partial charge in [0.15, 0.2) is 0 Å². The molecule has 0 unspecified atom stereocenters. The molecule has 0 spiro atoms. The van der Waals surface area contributed by atoms with E-state index in [1.807, 2.05) is 44.2 Å². The number of hydrogen-bond donors (Lipinski definition) is 2. The highest BCUT2D eigenvalue weighted by Crippen LogP contribution is 2.21. The number of esters is 1. The first-order chi connectivity index (χ1) is 10.7. The number of rotatable bonds is 7. The Bertz CT molecular complexity index is 513. The number of alkyl carbamates (subject to hydrolysis) is 1. The minimum absolute atomic E-state index is 0.0866. The molecule has 0 saturated heterocycles. The zero-order valence-electron chi connectivity index (χ0n) is 14.0. The molecule has 6 heteroatoms. The zero-order chi connectivity index (χ0) is 17.5. The zero-order valence-corrected chi connectivity index (χ0v) is 14.0. The third-order valence-electron chi connectivity index (χ3n) is 3.31. The highest BCUT2D eigenvalue weighted by Gasteiger charge is 2.37. The molecular formula is C17H25NO5. The Morgan fingerprint density at radius 3 is 2.39 bits per heavy atom. The lowest BCUT2D eigenvalue weighted by Crippen LogP contribution is -2.52. The number of aliphatic hydroxyl groups is 1. The lowest BCUT2D eigenvalue weighted by Gasteiger charge is -2.34. The molecular weight excluding hydrogens is 298 g/mol. The summed E-state index contributed by atoms with van der Waals surface area (Å²) >= 11 is 0. The lowest BCUT2D eigenvalue weighted by atomic mass is 9.90. The minimum atomic E-state index is -1.40. The fraction of sp³-hybridized carbons (Fsp3) is 0.529. The Morgan fingerprint density at radius 1 is 1.26 bits per heavy atom. The summed E-state index contributed by atoms with van der Waals surface area (Å²) in [7, 11) is 0. The highest BCUT2D eigenvalue weighted by molar-refractivity contribution is 5.67. The summed E-state index contributed by atoms with van der Waals surface area (Å²) in [5.74, 6) is -0.577. The van der Waals surface area contributed by atoms with Crippen LogP contribution in [0.4, 0.5) is 4.79 Å². The number of ether oxygens (including phenoxy) is 2. The second-order valence-corrected chi connectivity index (χ2v) is 6.05. The molecule has 6 nitrogen and oxygen atoms in total. The van der Waals surface area contributed by atoms with Gasteiger partial charge in [0.05, 0.1) is 6.54 Å². The van der Waals surface area contributed by atoms with Crippen LogP contribution >= 0.6 is 0 Å². The van der Waals surface area contributed by atoms with E-state index in [0.717, 1.165) is 5.56 Å². The Labute approximate surface area is 136 Å². The van der Waals surface area contributed by atoms with E-state index >= 15 is 0 Å². The molecule has 0 bridgehead atoms. The van der Waals surface area contributed by atoms with Gasteiger partial charge < -0.3 is 19.9 Å². The van der Waals surface area contributed by atoms with Crippen LogP contribution in [-0.4, -0.2) is 35.4 Å². The largest absolute Gasteiger partial charge is 0.459 e. The summed E-state index contributed by atoms with van der Waals surface area (Å²) in [4.78, 5) is 22.9. The van der Waals surface area contributed by atoms with E-state index in [4.69, 9.17) is 9.47 Å². The van der Waals surface area contributed by atoms with Crippen LogP contribution in [-0.2, 0) is 20.9 Å². The second kappa shape index (κ2) is 8.53. The Morgan fingerprint density at radius 2 is 1.87 bits per heavy atom. The van der Waals surface area contributed by atoms with Crippen molar-refractivity contribution in [2.45, 2.75) is 46.0 Å². The average molecular weight is 323 g/mol. The first kappa shape index (κ1) is 19.0. The molecule has 2 N–H and O–H groups in total. The summed E-state index contributed by atoms with van der Waals surface area (Å²) in [5.41, 5.74) is -0.527. The van der Waals surface area contributed by atoms with Crippen molar-refractivity contribution in [2.75, 3.05) is 6.54 Å². The van der Waals surface area contributed by atoms with Gasteiger partial charge in [-0.25, -0.2) is 4.79 Å². The van der Waals surface area contributed by atoms with E-state index in [2.05, 4.69) is 5.32 Å². The number of benzene rings is 1. The molecule has 128 valence electrons. The lowest BCUT2D eigenvalue weighted by molar-refractivity contribution is -0.166. The van der Waals surface area contributed by atoms with Crippen LogP contribution in [0.5, 0.6) is 0 Å². The average Bonchev–Trinajstić information content (AvgIpc) is 2.49. The smallest absolute Gasteiger partial charge is 0.407 e. The van der Waals surface area contributed by atoms with E-state index in [-0.39, 0.29) is 19.1 Å². The summed E-state index contributed by atoms with van der Waals surface area (Å²) in [6.45, 7) is 6.51. The topological polar surface area (TPSA) is 84.9 Å². The second-order valence-electron chi connectivity index (χ2n) is 6.05. The first-order valence-corrected chi connectivity index (χ1v) is 7.56. The predicted molar refractivity (Wildman–Crippen MR) is 85.6 cm³/mol. The van der Waals surface area contributed by atoms with E-state index in [0.29, 0.717) is 0 Å². The minimum Gasteiger partial charge on any atom is -0.459 e. The maximum absolute atomic E-state index is 11.7. The molecule has 0 aliphatic heterocycles. The van der Waals surface area contributed by atoms with Gasteiger partial charge in [0.2, 0.25) is 0 Å². The number of amides is 1. The third kappa shape index (κ3) is 6.69. The molecule has 0 fully saturated rings. The van der Waals surface area contributed by atoms with Crippen molar-refractivity contribution < 1.29 is 24.2 Å². The monoisotopic (exact) mass is 323 g/mol.